The van der Waals surface area contributed by atoms with Crippen LogP contribution in [0.15, 0.2) is 70.8 Å². The second kappa shape index (κ2) is 18.5. The number of hydrogen-bond donors (Lipinski definition) is 5. The fraction of sp³-hybridized carbons (Fsp3) is 0.480. The van der Waals surface area contributed by atoms with Crippen molar-refractivity contribution in [1.29, 1.82) is 0 Å². The first-order valence-electron chi connectivity index (χ1n) is 21.5. The topological polar surface area (TPSA) is 128 Å². The number of esters is 2. The molecule has 2 aromatic heterocycles. The Hall–Kier alpha value is -5.02. The molecule has 0 amide bonds. The van der Waals surface area contributed by atoms with E-state index in [1.165, 1.54) is 29.4 Å². The maximum absolute atomic E-state index is 13.7. The minimum atomic E-state index is -1.06. The van der Waals surface area contributed by atoms with E-state index >= 15 is 0 Å². The van der Waals surface area contributed by atoms with E-state index in [1.807, 2.05) is 19.1 Å². The number of aliphatic hydroxyl groups is 1. The summed E-state index contributed by atoms with van der Waals surface area (Å²) in [5.74, 6) is -1.96. The van der Waals surface area contributed by atoms with Gasteiger partial charge in [-0.25, -0.2) is 0 Å². The molecule has 4 aliphatic rings. The van der Waals surface area contributed by atoms with Crippen LogP contribution in [0.1, 0.15) is 144 Å². The smallest absolute Gasteiger partial charge is 0.312 e. The van der Waals surface area contributed by atoms with Gasteiger partial charge in [0.05, 0.1) is 19.1 Å². The van der Waals surface area contributed by atoms with Crippen molar-refractivity contribution in [3.05, 3.63) is 116 Å². The van der Waals surface area contributed by atoms with Crippen LogP contribution >= 0.6 is 0 Å². The highest BCUT2D eigenvalue weighted by molar-refractivity contribution is 5.79. The first-order valence-corrected chi connectivity index (χ1v) is 21.5. The molecule has 9 nitrogen and oxygen atoms in total. The van der Waals surface area contributed by atoms with Gasteiger partial charge in [0.1, 0.15) is 6.61 Å². The van der Waals surface area contributed by atoms with Crippen molar-refractivity contribution in [3.63, 3.8) is 0 Å². The van der Waals surface area contributed by atoms with Crippen molar-refractivity contribution >= 4 is 36.2 Å². The minimum Gasteiger partial charge on any atom is -0.469 e. The van der Waals surface area contributed by atoms with Crippen molar-refractivity contribution in [3.8, 4) is 0 Å². The van der Waals surface area contributed by atoms with Crippen molar-refractivity contribution in [1.82, 2.24) is 20.6 Å². The number of carbonyl (C=O) groups is 2. The van der Waals surface area contributed by atoms with Crippen LogP contribution in [0.4, 0.5) is 0 Å². The number of aliphatic hydroxyl groups excluding tert-OH is 1. The minimum absolute atomic E-state index is 0.00768. The predicted molar refractivity (Wildman–Crippen MR) is 240 cm³/mol. The zero-order valence-corrected chi connectivity index (χ0v) is 36.7. The highest BCUT2D eigenvalue weighted by Crippen LogP contribution is 2.54. The van der Waals surface area contributed by atoms with Crippen LogP contribution in [-0.4, -0.2) is 46.8 Å². The molecule has 0 aromatic carbocycles. The van der Waals surface area contributed by atoms with Gasteiger partial charge in [0.2, 0.25) is 0 Å². The Morgan fingerprint density at radius 1 is 0.915 bits per heavy atom. The number of aromatic nitrogens is 2. The molecule has 2 aromatic rings. The molecule has 3 aliphatic heterocycles. The normalized spacial score (nSPS) is 28.2. The van der Waals surface area contributed by atoms with Gasteiger partial charge in [-0.15, -0.1) is 6.58 Å². The Labute approximate surface area is 351 Å². The molecule has 2 unspecified atom stereocenters. The third kappa shape index (κ3) is 8.96. The van der Waals surface area contributed by atoms with Gasteiger partial charge in [-0.2, -0.15) is 0 Å². The summed E-state index contributed by atoms with van der Waals surface area (Å²) in [5.41, 5.74) is 15.4. The Balaban J connectivity index is 1.30. The van der Waals surface area contributed by atoms with Crippen LogP contribution < -0.4 is 10.6 Å². The molecule has 2 fully saturated rings. The summed E-state index contributed by atoms with van der Waals surface area (Å²) in [6.07, 6.45) is 19.7. The van der Waals surface area contributed by atoms with Crippen molar-refractivity contribution in [2.24, 2.45) is 23.7 Å². The van der Waals surface area contributed by atoms with Crippen LogP contribution in [0.5, 0.6) is 0 Å². The maximum Gasteiger partial charge on any atom is 0.312 e. The molecule has 0 radical (unpaired) electrons. The lowest BCUT2D eigenvalue weighted by atomic mass is 9.76. The molecule has 5 heterocycles. The van der Waals surface area contributed by atoms with Crippen LogP contribution in [-0.2, 0) is 19.1 Å². The largest absolute Gasteiger partial charge is 0.469 e. The second-order valence-corrected chi connectivity index (χ2v) is 17.3. The number of methoxy groups -OCH3 is 1. The highest BCUT2D eigenvalue weighted by Gasteiger charge is 2.55. The lowest BCUT2D eigenvalue weighted by Gasteiger charge is -2.31. The van der Waals surface area contributed by atoms with Gasteiger partial charge in [-0.1, -0.05) is 55.4 Å². The SMILES string of the molecule is C=Cc1c2[nH]c(c1C)/C=C1\NC(C3c4[nH]c(c(C)c4[C@@H](O)[C@@H]3C(=O)OC)/C=C3\N/C(=C\2)[C@H](C)\C3=C/C)[C@@H](CCC(=O)OC/C=C(\C)CC/C=C(\C)CCCC(=C)C)[C@@H]1C. The zero-order valence-electron chi connectivity index (χ0n) is 36.7. The fourth-order valence-corrected chi connectivity index (χ4v) is 9.85. The van der Waals surface area contributed by atoms with Crippen molar-refractivity contribution in [2.45, 2.75) is 118 Å². The van der Waals surface area contributed by atoms with E-state index in [1.54, 1.807) is 0 Å². The molecule has 1 aliphatic carbocycles. The van der Waals surface area contributed by atoms with E-state index in [0.717, 1.165) is 94.2 Å². The van der Waals surface area contributed by atoms with Gasteiger partial charge in [-0.05, 0) is 127 Å². The molecule has 8 bridgehead atoms. The summed E-state index contributed by atoms with van der Waals surface area (Å²) in [7, 11) is 1.38. The summed E-state index contributed by atoms with van der Waals surface area (Å²) in [6.45, 7) is 25.3. The van der Waals surface area contributed by atoms with Crippen LogP contribution in [0.25, 0.3) is 24.3 Å². The van der Waals surface area contributed by atoms with Gasteiger partial charge >= 0.3 is 11.9 Å². The molecular formula is C50H66N4O5. The number of nitrogens with one attached hydrogen (secondary N) is 4. The molecular weight excluding hydrogens is 737 g/mol. The standard InChI is InChI=1S/C50H66N4O5/c1-12-34-30(7)37-24-39-32(9)36(20-21-43(55)59-23-22-29(6)19-15-18-28(5)17-14-16-27(3)4)47(53-39)45-46(50(57)58-11)49(56)44-33(10)40(54-48(44)45)26-42-35(13-2)31(8)38(52-42)25-41(34)51-37/h12-13,18,22,24-26,31-32,36,45-47,49,51-54,56H,1,3,14-17,19-21,23H2,2,4-11H3/b28-18+,29-22+,35-13+,38-25-,39-24-,42-26-/t31-,32+,36+,45?,46-,47?,49-/m1/s1. The van der Waals surface area contributed by atoms with Gasteiger partial charge in [0, 0.05) is 81.2 Å². The van der Waals surface area contributed by atoms with Crippen molar-refractivity contribution < 1.29 is 24.2 Å². The second-order valence-electron chi connectivity index (χ2n) is 17.3. The monoisotopic (exact) mass is 803 g/mol. The van der Waals surface area contributed by atoms with E-state index in [0.29, 0.717) is 6.42 Å². The number of H-pyrrole nitrogens is 2. The lowest BCUT2D eigenvalue weighted by Crippen LogP contribution is -2.40. The van der Waals surface area contributed by atoms with E-state index in [2.05, 4.69) is 113 Å². The number of ether oxygens (including phenoxy) is 2. The average Bonchev–Trinajstić information content (AvgIpc) is 3.94. The summed E-state index contributed by atoms with van der Waals surface area (Å²) in [5, 5.41) is 19.6. The molecule has 9 heteroatoms. The quantitative estimate of drug-likeness (QED) is 0.0950. The summed E-state index contributed by atoms with van der Waals surface area (Å²) in [4.78, 5) is 34.4. The summed E-state index contributed by atoms with van der Waals surface area (Å²) in [6, 6.07) is -0.300. The first-order chi connectivity index (χ1) is 28.2. The molecule has 7 atom stereocenters. The fourth-order valence-electron chi connectivity index (χ4n) is 9.85. The number of hydrogen-bond acceptors (Lipinski definition) is 7. The molecule has 59 heavy (non-hydrogen) atoms. The van der Waals surface area contributed by atoms with Gasteiger partial charge in [0.25, 0.3) is 0 Å². The number of fused-ring (bicyclic) bond motifs is 8. The summed E-state index contributed by atoms with van der Waals surface area (Å²) >= 11 is 0. The maximum atomic E-state index is 13.7. The predicted octanol–water partition coefficient (Wildman–Crippen LogP) is 10.4. The first kappa shape index (κ1) is 43.6. The lowest BCUT2D eigenvalue weighted by molar-refractivity contribution is -0.151. The third-order valence-corrected chi connectivity index (χ3v) is 13.4. The van der Waals surface area contributed by atoms with Crippen LogP contribution in [0.2, 0.25) is 0 Å². The molecule has 0 spiro atoms. The Bertz CT molecular complexity index is 2170. The van der Waals surface area contributed by atoms with Crippen LogP contribution in [0, 0.1) is 37.5 Å². The molecule has 5 N–H and O–H groups in total. The Morgan fingerprint density at radius 3 is 2.32 bits per heavy atom. The number of allylic oxidation sites excluding steroid dienone is 8. The van der Waals surface area contributed by atoms with E-state index in [-0.39, 0.29) is 42.8 Å². The number of aromatic amines is 2. The molecule has 0 saturated carbocycles. The van der Waals surface area contributed by atoms with Gasteiger partial charge in [-0.3, -0.25) is 9.59 Å². The molecule has 6 rings (SSSR count). The number of carbonyl (C=O) groups excluding carboxylic acids is 2. The van der Waals surface area contributed by atoms with E-state index in [4.69, 9.17) is 9.47 Å². The zero-order chi connectivity index (χ0) is 42.7. The summed E-state index contributed by atoms with van der Waals surface area (Å²) < 4.78 is 11.1. The average molecular weight is 803 g/mol. The van der Waals surface area contributed by atoms with Crippen LogP contribution in [0.3, 0.4) is 0 Å². The number of rotatable bonds is 14. The third-order valence-electron chi connectivity index (χ3n) is 13.4. The van der Waals surface area contributed by atoms with Gasteiger partial charge in [0.15, 0.2) is 0 Å². The Kier molecular flexibility index (Phi) is 13.7. The van der Waals surface area contributed by atoms with Crippen molar-refractivity contribution in [2.75, 3.05) is 13.7 Å². The molecule has 316 valence electrons. The Morgan fingerprint density at radius 2 is 1.63 bits per heavy atom. The van der Waals surface area contributed by atoms with Gasteiger partial charge < -0.3 is 35.2 Å². The van der Waals surface area contributed by atoms with E-state index < -0.39 is 23.9 Å². The highest BCUT2D eigenvalue weighted by atomic mass is 16.5. The van der Waals surface area contributed by atoms with E-state index in [9.17, 15) is 14.7 Å². The molecule has 2 saturated heterocycles.